The summed E-state index contributed by atoms with van der Waals surface area (Å²) in [5, 5.41) is 3.03. The molecule has 3 heteroatoms. The van der Waals surface area contributed by atoms with Gasteiger partial charge in [0.05, 0.1) is 7.11 Å². The van der Waals surface area contributed by atoms with Gasteiger partial charge in [0.25, 0.3) is 0 Å². The molecule has 1 aliphatic heterocycles. The zero-order chi connectivity index (χ0) is 9.26. The molecule has 0 aromatic heterocycles. The summed E-state index contributed by atoms with van der Waals surface area (Å²) >= 11 is 0. The minimum Gasteiger partial charge on any atom is -0.497 e. The highest BCUT2D eigenvalue weighted by Gasteiger charge is 2.12. The molecular weight excluding hydrogens is 164 g/mol. The second-order valence-corrected chi connectivity index (χ2v) is 2.97. The molecule has 0 radical (unpaired) electrons. The Bertz CT molecular complexity index is 347. The zero-order valence-corrected chi connectivity index (χ0v) is 7.45. The van der Waals surface area contributed by atoms with Crippen LogP contribution in [0.4, 0.5) is 0 Å². The Labute approximate surface area is 77.2 Å². The zero-order valence-electron chi connectivity index (χ0n) is 7.45. The summed E-state index contributed by atoms with van der Waals surface area (Å²) in [6.45, 7) is 0. The van der Waals surface area contributed by atoms with Crippen molar-refractivity contribution in [1.29, 1.82) is 0 Å². The van der Waals surface area contributed by atoms with Crippen molar-refractivity contribution >= 4 is 6.08 Å². The van der Waals surface area contributed by atoms with Gasteiger partial charge in [-0.15, -0.1) is 0 Å². The summed E-state index contributed by atoms with van der Waals surface area (Å²) in [5.74, 6) is 0.839. The molecule has 1 atom stereocenters. The molecule has 3 N–H and O–H groups in total. The topological polar surface area (TPSA) is 47.3 Å². The standard InChI is InChI=1S/C10H12N2O/c1-13-8-3-2-7-4-5-12-10(11)9(7)6-8/h2-6,10,12H,11H2,1H3. The summed E-state index contributed by atoms with van der Waals surface area (Å²) in [7, 11) is 1.65. The van der Waals surface area contributed by atoms with Crippen LogP contribution in [-0.4, -0.2) is 7.11 Å². The van der Waals surface area contributed by atoms with Crippen molar-refractivity contribution in [3.63, 3.8) is 0 Å². The van der Waals surface area contributed by atoms with Gasteiger partial charge in [-0.3, -0.25) is 0 Å². The van der Waals surface area contributed by atoms with E-state index in [0.717, 1.165) is 16.9 Å². The fourth-order valence-corrected chi connectivity index (χ4v) is 1.43. The Morgan fingerprint density at radius 1 is 1.46 bits per heavy atom. The van der Waals surface area contributed by atoms with Crippen LogP contribution in [0.1, 0.15) is 17.3 Å². The first-order valence-corrected chi connectivity index (χ1v) is 4.17. The Morgan fingerprint density at radius 3 is 3.08 bits per heavy atom. The monoisotopic (exact) mass is 176 g/mol. The fraction of sp³-hybridized carbons (Fsp3) is 0.200. The van der Waals surface area contributed by atoms with Gasteiger partial charge in [0.2, 0.25) is 0 Å². The molecule has 0 spiro atoms. The third kappa shape index (κ3) is 1.38. The maximum atomic E-state index is 5.85. The maximum absolute atomic E-state index is 5.85. The van der Waals surface area contributed by atoms with E-state index in [-0.39, 0.29) is 6.17 Å². The predicted molar refractivity (Wildman–Crippen MR) is 52.1 cm³/mol. The molecule has 1 aromatic carbocycles. The van der Waals surface area contributed by atoms with Crippen molar-refractivity contribution in [3.05, 3.63) is 35.5 Å². The normalized spacial score (nSPS) is 19.1. The van der Waals surface area contributed by atoms with Gasteiger partial charge in [-0.1, -0.05) is 6.07 Å². The molecule has 0 amide bonds. The fourth-order valence-electron chi connectivity index (χ4n) is 1.43. The molecule has 0 saturated carbocycles. The highest BCUT2D eigenvalue weighted by atomic mass is 16.5. The lowest BCUT2D eigenvalue weighted by atomic mass is 10.0. The summed E-state index contributed by atoms with van der Waals surface area (Å²) < 4.78 is 5.12. The minimum absolute atomic E-state index is 0.130. The summed E-state index contributed by atoms with van der Waals surface area (Å²) in [6, 6.07) is 5.89. The van der Waals surface area contributed by atoms with E-state index in [1.165, 1.54) is 0 Å². The van der Waals surface area contributed by atoms with Crippen molar-refractivity contribution in [2.24, 2.45) is 5.73 Å². The van der Waals surface area contributed by atoms with Gasteiger partial charge in [-0.2, -0.15) is 0 Å². The largest absolute Gasteiger partial charge is 0.497 e. The molecule has 1 aliphatic rings. The Morgan fingerprint density at radius 2 is 2.31 bits per heavy atom. The van der Waals surface area contributed by atoms with Crippen molar-refractivity contribution in [1.82, 2.24) is 5.32 Å². The number of nitrogens with one attached hydrogen (secondary N) is 1. The predicted octanol–water partition coefficient (Wildman–Crippen LogP) is 1.23. The summed E-state index contributed by atoms with van der Waals surface area (Å²) in [4.78, 5) is 0. The molecule has 1 heterocycles. The van der Waals surface area contributed by atoms with E-state index < -0.39 is 0 Å². The number of methoxy groups -OCH3 is 1. The van der Waals surface area contributed by atoms with E-state index in [9.17, 15) is 0 Å². The second-order valence-electron chi connectivity index (χ2n) is 2.97. The van der Waals surface area contributed by atoms with E-state index >= 15 is 0 Å². The lowest BCUT2D eigenvalue weighted by Gasteiger charge is -2.20. The van der Waals surface area contributed by atoms with Gasteiger partial charge in [-0.05, 0) is 35.5 Å². The van der Waals surface area contributed by atoms with Crippen LogP contribution in [0.25, 0.3) is 6.08 Å². The van der Waals surface area contributed by atoms with E-state index in [2.05, 4.69) is 5.32 Å². The number of ether oxygens (including phenoxy) is 1. The number of fused-ring (bicyclic) bond motifs is 1. The quantitative estimate of drug-likeness (QED) is 0.676. The number of hydrogen-bond donors (Lipinski definition) is 2. The molecule has 0 bridgehead atoms. The minimum atomic E-state index is -0.130. The molecule has 1 aromatic rings. The highest BCUT2D eigenvalue weighted by Crippen LogP contribution is 2.24. The van der Waals surface area contributed by atoms with Crippen LogP contribution in [0.5, 0.6) is 5.75 Å². The first kappa shape index (κ1) is 8.13. The van der Waals surface area contributed by atoms with Gasteiger partial charge in [0.1, 0.15) is 11.9 Å². The van der Waals surface area contributed by atoms with Crippen molar-refractivity contribution in [3.8, 4) is 5.75 Å². The van der Waals surface area contributed by atoms with Crippen LogP contribution in [0.2, 0.25) is 0 Å². The Kier molecular flexibility index (Phi) is 1.94. The average Bonchev–Trinajstić information content (AvgIpc) is 2.18. The summed E-state index contributed by atoms with van der Waals surface area (Å²) in [5.41, 5.74) is 8.07. The van der Waals surface area contributed by atoms with Gasteiger partial charge >= 0.3 is 0 Å². The molecule has 3 nitrogen and oxygen atoms in total. The third-order valence-corrected chi connectivity index (χ3v) is 2.17. The van der Waals surface area contributed by atoms with Crippen LogP contribution in [0, 0.1) is 0 Å². The van der Waals surface area contributed by atoms with Crippen LogP contribution in [0.15, 0.2) is 24.4 Å². The van der Waals surface area contributed by atoms with Crippen LogP contribution in [-0.2, 0) is 0 Å². The Hall–Kier alpha value is -1.48. The number of benzene rings is 1. The van der Waals surface area contributed by atoms with E-state index in [1.807, 2.05) is 30.5 Å². The first-order chi connectivity index (χ1) is 6.31. The van der Waals surface area contributed by atoms with Crippen molar-refractivity contribution in [2.45, 2.75) is 6.17 Å². The van der Waals surface area contributed by atoms with Crippen molar-refractivity contribution in [2.75, 3.05) is 7.11 Å². The molecule has 2 rings (SSSR count). The van der Waals surface area contributed by atoms with Crippen molar-refractivity contribution < 1.29 is 4.74 Å². The lowest BCUT2D eigenvalue weighted by Crippen LogP contribution is -2.27. The van der Waals surface area contributed by atoms with Crippen LogP contribution in [0.3, 0.4) is 0 Å². The van der Waals surface area contributed by atoms with E-state index in [4.69, 9.17) is 10.5 Å². The van der Waals surface area contributed by atoms with E-state index in [0.29, 0.717) is 0 Å². The van der Waals surface area contributed by atoms with Gasteiger partial charge in [-0.25, -0.2) is 0 Å². The maximum Gasteiger partial charge on any atom is 0.119 e. The van der Waals surface area contributed by atoms with Gasteiger partial charge < -0.3 is 15.8 Å². The Balaban J connectivity index is 2.48. The second kappa shape index (κ2) is 3.11. The number of nitrogens with two attached hydrogens (primary N) is 1. The van der Waals surface area contributed by atoms with Crippen LogP contribution < -0.4 is 15.8 Å². The SMILES string of the molecule is COc1ccc2c(c1)C(N)NC=C2. The highest BCUT2D eigenvalue weighted by molar-refractivity contribution is 5.58. The van der Waals surface area contributed by atoms with Crippen LogP contribution >= 0.6 is 0 Å². The number of rotatable bonds is 1. The molecule has 0 fully saturated rings. The molecule has 0 aliphatic carbocycles. The third-order valence-electron chi connectivity index (χ3n) is 2.17. The molecular formula is C10H12N2O. The molecule has 68 valence electrons. The van der Waals surface area contributed by atoms with Gasteiger partial charge in [0.15, 0.2) is 0 Å². The summed E-state index contributed by atoms with van der Waals surface area (Å²) in [6.07, 6.45) is 3.73. The first-order valence-electron chi connectivity index (χ1n) is 4.17. The smallest absolute Gasteiger partial charge is 0.119 e. The van der Waals surface area contributed by atoms with Gasteiger partial charge in [0, 0.05) is 0 Å². The molecule has 1 unspecified atom stereocenters. The molecule has 13 heavy (non-hydrogen) atoms. The molecule has 0 saturated heterocycles. The number of hydrogen-bond acceptors (Lipinski definition) is 3. The van der Waals surface area contributed by atoms with E-state index in [1.54, 1.807) is 7.11 Å². The lowest BCUT2D eigenvalue weighted by molar-refractivity contribution is 0.413. The average molecular weight is 176 g/mol.